The zero-order valence-corrected chi connectivity index (χ0v) is 16.7. The van der Waals surface area contributed by atoms with Gasteiger partial charge in [-0.05, 0) is 35.4 Å². The van der Waals surface area contributed by atoms with Crippen LogP contribution >= 0.6 is 0 Å². The Bertz CT molecular complexity index is 576. The molecule has 0 aliphatic carbocycles. The molecule has 0 aromatic heterocycles. The SMILES string of the molecule is COC(=O)NC(CC(C)C)C(=O)NCCOc1ccc(C(C)(C)C)cc1. The fraction of sp³-hybridized carbons (Fsp3) is 0.600. The van der Waals surface area contributed by atoms with Gasteiger partial charge in [0.15, 0.2) is 0 Å². The van der Waals surface area contributed by atoms with Gasteiger partial charge in [0, 0.05) is 0 Å². The summed E-state index contributed by atoms with van der Waals surface area (Å²) in [6, 6.07) is 7.35. The van der Waals surface area contributed by atoms with Crippen LogP contribution in [0.2, 0.25) is 0 Å². The first-order chi connectivity index (χ1) is 12.1. The van der Waals surface area contributed by atoms with Crippen LogP contribution in [-0.4, -0.2) is 38.3 Å². The van der Waals surface area contributed by atoms with Crippen molar-refractivity contribution in [3.05, 3.63) is 29.8 Å². The number of carbonyl (C=O) groups excluding carboxylic acids is 2. The number of rotatable bonds is 8. The third kappa shape index (κ3) is 7.76. The molecule has 1 rings (SSSR count). The summed E-state index contributed by atoms with van der Waals surface area (Å²) in [5.41, 5.74) is 1.34. The van der Waals surface area contributed by atoms with Gasteiger partial charge in [0.1, 0.15) is 18.4 Å². The molecule has 0 saturated heterocycles. The third-order valence-corrected chi connectivity index (χ3v) is 3.89. The van der Waals surface area contributed by atoms with Crippen LogP contribution in [0.4, 0.5) is 4.79 Å². The Hall–Kier alpha value is -2.24. The maximum Gasteiger partial charge on any atom is 0.407 e. The first-order valence-corrected chi connectivity index (χ1v) is 8.99. The normalized spacial score (nSPS) is 12.4. The summed E-state index contributed by atoms with van der Waals surface area (Å²) in [4.78, 5) is 23.6. The van der Waals surface area contributed by atoms with E-state index < -0.39 is 12.1 Å². The van der Waals surface area contributed by atoms with Gasteiger partial charge in [0.25, 0.3) is 0 Å². The maximum absolute atomic E-state index is 12.3. The van der Waals surface area contributed by atoms with Crippen molar-refractivity contribution in [3.8, 4) is 5.75 Å². The Balaban J connectivity index is 2.44. The molecular weight excluding hydrogens is 332 g/mol. The molecule has 6 heteroatoms. The van der Waals surface area contributed by atoms with E-state index in [1.165, 1.54) is 12.7 Å². The lowest BCUT2D eigenvalue weighted by Gasteiger charge is -2.20. The Morgan fingerprint density at radius 2 is 1.73 bits per heavy atom. The van der Waals surface area contributed by atoms with E-state index in [2.05, 4.69) is 36.1 Å². The van der Waals surface area contributed by atoms with Crippen LogP contribution in [0.5, 0.6) is 5.75 Å². The molecule has 0 radical (unpaired) electrons. The molecule has 0 spiro atoms. The summed E-state index contributed by atoms with van der Waals surface area (Å²) in [7, 11) is 1.28. The summed E-state index contributed by atoms with van der Waals surface area (Å²) < 4.78 is 10.2. The van der Waals surface area contributed by atoms with Crippen molar-refractivity contribution in [2.45, 2.75) is 52.5 Å². The molecule has 1 aromatic rings. The molecule has 0 heterocycles. The molecule has 6 nitrogen and oxygen atoms in total. The van der Waals surface area contributed by atoms with Gasteiger partial charge in [0.2, 0.25) is 5.91 Å². The molecule has 0 aliphatic heterocycles. The van der Waals surface area contributed by atoms with E-state index in [1.807, 2.05) is 38.1 Å². The molecule has 1 unspecified atom stereocenters. The predicted molar refractivity (Wildman–Crippen MR) is 102 cm³/mol. The van der Waals surface area contributed by atoms with Gasteiger partial charge in [-0.15, -0.1) is 0 Å². The van der Waals surface area contributed by atoms with Crippen molar-refractivity contribution in [2.24, 2.45) is 5.92 Å². The predicted octanol–water partition coefficient (Wildman–Crippen LogP) is 3.25. The second-order valence-corrected chi connectivity index (χ2v) is 7.73. The number of ether oxygens (including phenoxy) is 2. The van der Waals surface area contributed by atoms with E-state index in [4.69, 9.17) is 4.74 Å². The highest BCUT2D eigenvalue weighted by Gasteiger charge is 2.21. The summed E-state index contributed by atoms with van der Waals surface area (Å²) in [5, 5.41) is 5.35. The van der Waals surface area contributed by atoms with Crippen molar-refractivity contribution >= 4 is 12.0 Å². The lowest BCUT2D eigenvalue weighted by molar-refractivity contribution is -0.123. The van der Waals surface area contributed by atoms with E-state index in [0.29, 0.717) is 19.6 Å². The van der Waals surface area contributed by atoms with E-state index in [1.54, 1.807) is 0 Å². The highest BCUT2D eigenvalue weighted by atomic mass is 16.5. The maximum atomic E-state index is 12.3. The van der Waals surface area contributed by atoms with Gasteiger partial charge >= 0.3 is 6.09 Å². The van der Waals surface area contributed by atoms with Crippen molar-refractivity contribution in [3.63, 3.8) is 0 Å². The highest BCUT2D eigenvalue weighted by molar-refractivity contribution is 5.85. The minimum absolute atomic E-state index is 0.102. The molecule has 0 bridgehead atoms. The van der Waals surface area contributed by atoms with Crippen molar-refractivity contribution < 1.29 is 19.1 Å². The zero-order valence-electron chi connectivity index (χ0n) is 16.7. The summed E-state index contributed by atoms with van der Waals surface area (Å²) >= 11 is 0. The molecule has 0 aliphatic rings. The first kappa shape index (κ1) is 21.8. The van der Waals surface area contributed by atoms with Crippen molar-refractivity contribution in [2.75, 3.05) is 20.3 Å². The smallest absolute Gasteiger partial charge is 0.407 e. The highest BCUT2D eigenvalue weighted by Crippen LogP contribution is 2.24. The van der Waals surface area contributed by atoms with Crippen LogP contribution in [-0.2, 0) is 14.9 Å². The monoisotopic (exact) mass is 364 g/mol. The lowest BCUT2D eigenvalue weighted by Crippen LogP contribution is -2.48. The number of carbonyl (C=O) groups is 2. The quantitative estimate of drug-likeness (QED) is 0.694. The topological polar surface area (TPSA) is 76.7 Å². The fourth-order valence-corrected chi connectivity index (χ4v) is 2.42. The van der Waals surface area contributed by atoms with Gasteiger partial charge in [-0.3, -0.25) is 4.79 Å². The Morgan fingerprint density at radius 3 is 2.23 bits per heavy atom. The number of hydrogen-bond donors (Lipinski definition) is 2. The van der Waals surface area contributed by atoms with E-state index in [9.17, 15) is 9.59 Å². The van der Waals surface area contributed by atoms with Gasteiger partial charge in [0.05, 0.1) is 13.7 Å². The Morgan fingerprint density at radius 1 is 1.12 bits per heavy atom. The Kier molecular flexibility index (Phi) is 8.42. The van der Waals surface area contributed by atoms with Crippen LogP contribution < -0.4 is 15.4 Å². The average molecular weight is 364 g/mol. The molecule has 2 N–H and O–H groups in total. The van der Waals surface area contributed by atoms with Crippen LogP contribution in [0.3, 0.4) is 0 Å². The number of amides is 2. The summed E-state index contributed by atoms with van der Waals surface area (Å²) in [6.45, 7) is 11.2. The van der Waals surface area contributed by atoms with Gasteiger partial charge < -0.3 is 20.1 Å². The first-order valence-electron chi connectivity index (χ1n) is 8.99. The molecule has 0 saturated carbocycles. The molecular formula is C20H32N2O4. The standard InChI is InChI=1S/C20H32N2O4/c1-14(2)13-17(22-19(24)25-6)18(23)21-11-12-26-16-9-7-15(8-10-16)20(3,4)5/h7-10,14,17H,11-13H2,1-6H3,(H,21,23)(H,22,24). The number of alkyl carbamates (subject to hydrolysis) is 1. The zero-order chi connectivity index (χ0) is 19.7. The van der Waals surface area contributed by atoms with E-state index in [-0.39, 0.29) is 17.2 Å². The average Bonchev–Trinajstić information content (AvgIpc) is 2.57. The number of benzene rings is 1. The number of methoxy groups -OCH3 is 1. The molecule has 1 atom stereocenters. The third-order valence-electron chi connectivity index (χ3n) is 3.89. The van der Waals surface area contributed by atoms with Crippen LogP contribution in [0.1, 0.15) is 46.6 Å². The van der Waals surface area contributed by atoms with Gasteiger partial charge in [-0.1, -0.05) is 46.8 Å². The largest absolute Gasteiger partial charge is 0.492 e. The minimum Gasteiger partial charge on any atom is -0.492 e. The van der Waals surface area contributed by atoms with Gasteiger partial charge in [-0.25, -0.2) is 4.79 Å². The van der Waals surface area contributed by atoms with Gasteiger partial charge in [-0.2, -0.15) is 0 Å². The molecule has 1 aromatic carbocycles. The summed E-state index contributed by atoms with van der Waals surface area (Å²) in [6.07, 6.45) is -0.0724. The van der Waals surface area contributed by atoms with Crippen molar-refractivity contribution in [1.82, 2.24) is 10.6 Å². The fourth-order valence-electron chi connectivity index (χ4n) is 2.42. The molecule has 26 heavy (non-hydrogen) atoms. The van der Waals surface area contributed by atoms with E-state index in [0.717, 1.165) is 5.75 Å². The minimum atomic E-state index is -0.617. The molecule has 0 fully saturated rings. The second-order valence-electron chi connectivity index (χ2n) is 7.73. The number of nitrogens with one attached hydrogen (secondary N) is 2. The van der Waals surface area contributed by atoms with Crippen LogP contribution in [0.25, 0.3) is 0 Å². The number of hydrogen-bond acceptors (Lipinski definition) is 4. The Labute approximate surface area is 156 Å². The molecule has 2 amide bonds. The van der Waals surface area contributed by atoms with Crippen LogP contribution in [0, 0.1) is 5.92 Å². The lowest BCUT2D eigenvalue weighted by atomic mass is 9.87. The summed E-state index contributed by atoms with van der Waals surface area (Å²) in [5.74, 6) is 0.787. The van der Waals surface area contributed by atoms with Crippen LogP contribution in [0.15, 0.2) is 24.3 Å². The second kappa shape index (κ2) is 10.0. The van der Waals surface area contributed by atoms with E-state index >= 15 is 0 Å². The van der Waals surface area contributed by atoms with Crippen molar-refractivity contribution in [1.29, 1.82) is 0 Å². The molecule has 146 valence electrons.